The zero-order valence-electron chi connectivity index (χ0n) is 9.35. The van der Waals surface area contributed by atoms with E-state index in [4.69, 9.17) is 5.26 Å². The quantitative estimate of drug-likeness (QED) is 0.843. The second kappa shape index (κ2) is 4.11. The molecule has 17 heavy (non-hydrogen) atoms. The van der Waals surface area contributed by atoms with E-state index in [2.05, 4.69) is 15.9 Å². The molecule has 0 unspecified atom stereocenters. The molecule has 1 aliphatic rings. The summed E-state index contributed by atoms with van der Waals surface area (Å²) in [6.45, 7) is 1.96. The molecule has 1 aromatic rings. The van der Waals surface area contributed by atoms with Gasteiger partial charge in [0.1, 0.15) is 0 Å². The third-order valence-electron chi connectivity index (χ3n) is 3.20. The Balaban J connectivity index is 2.44. The van der Waals surface area contributed by atoms with E-state index in [0.29, 0.717) is 18.8 Å². The molecule has 0 amide bonds. The molecule has 1 aromatic carbocycles. The molecule has 0 saturated heterocycles. The summed E-state index contributed by atoms with van der Waals surface area (Å²) in [7, 11) is -3.55. The lowest BCUT2D eigenvalue weighted by Crippen LogP contribution is -2.48. The predicted octanol–water partition coefficient (Wildman–Crippen LogP) is 2.92. The summed E-state index contributed by atoms with van der Waals surface area (Å²) in [6, 6.07) is 8.45. The first-order chi connectivity index (χ1) is 7.91. The van der Waals surface area contributed by atoms with Gasteiger partial charge in [-0.15, -0.1) is 0 Å². The van der Waals surface area contributed by atoms with Crippen LogP contribution in [0.2, 0.25) is 0 Å². The summed E-state index contributed by atoms with van der Waals surface area (Å²) in [4.78, 5) is 0.231. The van der Waals surface area contributed by atoms with Crippen molar-refractivity contribution in [2.75, 3.05) is 0 Å². The molecular weight excluding hydrogens is 302 g/mol. The lowest BCUT2D eigenvalue weighted by atomic mass is 9.76. The molecule has 0 radical (unpaired) electrons. The fraction of sp³-hybridized carbons (Fsp3) is 0.417. The summed E-state index contributed by atoms with van der Waals surface area (Å²) < 4.78 is 24.4. The van der Waals surface area contributed by atoms with Crippen LogP contribution in [0.3, 0.4) is 0 Å². The van der Waals surface area contributed by atoms with E-state index < -0.39 is 14.6 Å². The van der Waals surface area contributed by atoms with Crippen LogP contribution >= 0.6 is 15.9 Å². The van der Waals surface area contributed by atoms with Crippen molar-refractivity contribution in [2.45, 2.75) is 29.4 Å². The highest BCUT2D eigenvalue weighted by Crippen LogP contribution is 2.46. The van der Waals surface area contributed by atoms with E-state index in [9.17, 15) is 8.42 Å². The molecule has 1 saturated carbocycles. The minimum absolute atomic E-state index is 0.231. The first kappa shape index (κ1) is 12.6. The third-order valence-corrected chi connectivity index (χ3v) is 6.07. The highest BCUT2D eigenvalue weighted by Gasteiger charge is 2.53. The van der Waals surface area contributed by atoms with Gasteiger partial charge in [-0.3, -0.25) is 0 Å². The smallest absolute Gasteiger partial charge is 0.197 e. The maximum Gasteiger partial charge on any atom is 0.197 e. The Morgan fingerprint density at radius 2 is 1.88 bits per heavy atom. The van der Waals surface area contributed by atoms with Crippen molar-refractivity contribution in [1.82, 2.24) is 0 Å². The van der Waals surface area contributed by atoms with Crippen molar-refractivity contribution >= 4 is 25.8 Å². The zero-order valence-corrected chi connectivity index (χ0v) is 11.8. The van der Waals surface area contributed by atoms with E-state index in [1.54, 1.807) is 24.3 Å². The first-order valence-electron chi connectivity index (χ1n) is 5.33. The highest BCUT2D eigenvalue weighted by molar-refractivity contribution is 9.10. The van der Waals surface area contributed by atoms with Crippen LogP contribution < -0.4 is 0 Å². The molecule has 0 N–H and O–H groups in total. The minimum atomic E-state index is -3.55. The van der Waals surface area contributed by atoms with Gasteiger partial charge in [0, 0.05) is 4.47 Å². The van der Waals surface area contributed by atoms with Crippen LogP contribution in [0.1, 0.15) is 19.8 Å². The average Bonchev–Trinajstić information content (AvgIpc) is 2.24. The molecule has 3 nitrogen and oxygen atoms in total. The topological polar surface area (TPSA) is 57.9 Å². The van der Waals surface area contributed by atoms with E-state index in [1.165, 1.54) is 0 Å². The SMILES string of the molecule is CC1CC(C#N)(S(=O)(=O)c2ccc(Br)cc2)C1. The Morgan fingerprint density at radius 1 is 1.35 bits per heavy atom. The predicted molar refractivity (Wildman–Crippen MR) is 68.1 cm³/mol. The lowest BCUT2D eigenvalue weighted by molar-refractivity contribution is 0.287. The fourth-order valence-corrected chi connectivity index (χ4v) is 4.61. The number of nitriles is 1. The van der Waals surface area contributed by atoms with Crippen molar-refractivity contribution in [1.29, 1.82) is 5.26 Å². The molecule has 1 fully saturated rings. The Hall–Kier alpha value is -0.860. The summed E-state index contributed by atoms with van der Waals surface area (Å²) in [5.41, 5.74) is 0. The monoisotopic (exact) mass is 313 g/mol. The van der Waals surface area contributed by atoms with Crippen molar-refractivity contribution in [3.05, 3.63) is 28.7 Å². The summed E-state index contributed by atoms with van der Waals surface area (Å²) in [5, 5.41) is 9.17. The lowest BCUT2D eigenvalue weighted by Gasteiger charge is -2.39. The normalized spacial score (nSPS) is 28.2. The van der Waals surface area contributed by atoms with Gasteiger partial charge in [0.05, 0.1) is 11.0 Å². The van der Waals surface area contributed by atoms with Crippen LogP contribution in [0.5, 0.6) is 0 Å². The first-order valence-corrected chi connectivity index (χ1v) is 7.60. The Labute approximate surface area is 110 Å². The Morgan fingerprint density at radius 3 is 2.29 bits per heavy atom. The summed E-state index contributed by atoms with van der Waals surface area (Å²) in [5.74, 6) is 0.305. The molecule has 0 aliphatic heterocycles. The molecule has 0 heterocycles. The maximum atomic E-state index is 12.4. The van der Waals surface area contributed by atoms with Crippen molar-refractivity contribution in [3.8, 4) is 6.07 Å². The van der Waals surface area contributed by atoms with Gasteiger partial charge in [-0.25, -0.2) is 8.42 Å². The van der Waals surface area contributed by atoms with Gasteiger partial charge in [-0.1, -0.05) is 22.9 Å². The maximum absolute atomic E-state index is 12.4. The largest absolute Gasteiger partial charge is 0.222 e. The number of nitrogens with zero attached hydrogens (tertiary/aromatic N) is 1. The molecule has 0 bridgehead atoms. The number of sulfone groups is 1. The molecular formula is C12H12BrNO2S. The third kappa shape index (κ3) is 1.90. The van der Waals surface area contributed by atoms with Gasteiger partial charge in [0.25, 0.3) is 0 Å². The molecule has 2 rings (SSSR count). The van der Waals surface area contributed by atoms with Crippen LogP contribution in [0.15, 0.2) is 33.6 Å². The molecule has 0 spiro atoms. The van der Waals surface area contributed by atoms with Gasteiger partial charge in [0.15, 0.2) is 14.6 Å². The van der Waals surface area contributed by atoms with Crippen LogP contribution in [0, 0.1) is 17.2 Å². The van der Waals surface area contributed by atoms with Crippen molar-refractivity contribution < 1.29 is 8.42 Å². The molecule has 90 valence electrons. The van der Waals surface area contributed by atoms with E-state index in [-0.39, 0.29) is 4.90 Å². The summed E-state index contributed by atoms with van der Waals surface area (Å²) in [6.07, 6.45) is 0.865. The molecule has 0 atom stereocenters. The van der Waals surface area contributed by atoms with Crippen LogP contribution in [0.25, 0.3) is 0 Å². The number of rotatable bonds is 2. The van der Waals surface area contributed by atoms with E-state index in [0.717, 1.165) is 4.47 Å². The Bertz CT molecular complexity index is 566. The highest BCUT2D eigenvalue weighted by atomic mass is 79.9. The van der Waals surface area contributed by atoms with Gasteiger partial charge in [0.2, 0.25) is 0 Å². The van der Waals surface area contributed by atoms with E-state index >= 15 is 0 Å². The minimum Gasteiger partial charge on any atom is -0.222 e. The van der Waals surface area contributed by atoms with Crippen LogP contribution in [0.4, 0.5) is 0 Å². The zero-order chi connectivity index (χ0) is 12.7. The number of hydrogen-bond donors (Lipinski definition) is 0. The fourth-order valence-electron chi connectivity index (χ4n) is 2.28. The van der Waals surface area contributed by atoms with Crippen LogP contribution in [-0.2, 0) is 9.84 Å². The molecule has 5 heteroatoms. The van der Waals surface area contributed by atoms with Crippen molar-refractivity contribution in [2.24, 2.45) is 5.92 Å². The number of hydrogen-bond acceptors (Lipinski definition) is 3. The summed E-state index contributed by atoms with van der Waals surface area (Å²) >= 11 is 3.26. The molecule has 0 aromatic heterocycles. The second-order valence-corrected chi connectivity index (χ2v) is 7.75. The van der Waals surface area contributed by atoms with Crippen molar-refractivity contribution in [3.63, 3.8) is 0 Å². The number of benzene rings is 1. The van der Waals surface area contributed by atoms with E-state index in [1.807, 2.05) is 13.0 Å². The second-order valence-electron chi connectivity index (χ2n) is 4.58. The standard InChI is InChI=1S/C12H12BrNO2S/c1-9-6-12(7-9,8-14)17(15,16)11-4-2-10(13)3-5-11/h2-5,9H,6-7H2,1H3. The molecule has 1 aliphatic carbocycles. The van der Waals surface area contributed by atoms with Gasteiger partial charge < -0.3 is 0 Å². The average molecular weight is 314 g/mol. The number of halogens is 1. The van der Waals surface area contributed by atoms with Gasteiger partial charge in [-0.05, 0) is 43.0 Å². The van der Waals surface area contributed by atoms with Gasteiger partial charge >= 0.3 is 0 Å². The Kier molecular flexibility index (Phi) is 3.04. The van der Waals surface area contributed by atoms with Crippen LogP contribution in [-0.4, -0.2) is 13.2 Å². The van der Waals surface area contributed by atoms with Gasteiger partial charge in [-0.2, -0.15) is 5.26 Å².